The lowest BCUT2D eigenvalue weighted by atomic mass is 9.83. The van der Waals surface area contributed by atoms with Crippen molar-refractivity contribution in [3.05, 3.63) is 53.9 Å². The first-order valence-electron chi connectivity index (χ1n) is 12.8. The highest BCUT2D eigenvalue weighted by molar-refractivity contribution is 5.90. The van der Waals surface area contributed by atoms with Crippen LogP contribution in [0.25, 0.3) is 11.1 Å². The molecule has 34 heavy (non-hydrogen) atoms. The predicted molar refractivity (Wildman–Crippen MR) is 135 cm³/mol. The maximum atomic E-state index is 13.9. The summed E-state index contributed by atoms with van der Waals surface area (Å²) >= 11 is 0. The molecule has 1 saturated heterocycles. The number of aromatic nitrogens is 1. The second-order valence-electron chi connectivity index (χ2n) is 9.87. The molecule has 2 N–H and O–H groups in total. The van der Waals surface area contributed by atoms with Gasteiger partial charge in [-0.25, -0.2) is 0 Å². The minimum atomic E-state index is -0.469. The molecule has 6 heteroatoms. The molecule has 2 aliphatic rings. The van der Waals surface area contributed by atoms with Crippen LogP contribution < -0.4 is 10.6 Å². The van der Waals surface area contributed by atoms with Crippen LogP contribution in [0.4, 0.5) is 0 Å². The Morgan fingerprint density at radius 1 is 1.06 bits per heavy atom. The maximum Gasteiger partial charge on any atom is 0.246 e. The van der Waals surface area contributed by atoms with Crippen LogP contribution in [0.5, 0.6) is 0 Å². The summed E-state index contributed by atoms with van der Waals surface area (Å²) in [6, 6.07) is 11.7. The topological polar surface area (TPSA) is 74.3 Å². The highest BCUT2D eigenvalue weighted by Gasteiger charge is 2.39. The van der Waals surface area contributed by atoms with Gasteiger partial charge in [0, 0.05) is 12.7 Å². The van der Waals surface area contributed by atoms with Crippen LogP contribution in [-0.4, -0.2) is 47.4 Å². The molecule has 3 unspecified atom stereocenters. The van der Waals surface area contributed by atoms with E-state index >= 15 is 0 Å². The highest BCUT2D eigenvalue weighted by atomic mass is 16.2. The van der Waals surface area contributed by atoms with E-state index < -0.39 is 6.04 Å². The quantitative estimate of drug-likeness (QED) is 0.640. The Labute approximate surface area is 203 Å². The summed E-state index contributed by atoms with van der Waals surface area (Å²) in [5, 5.41) is 6.11. The standard InChI is InChI=1S/C28H38N4O2/c1-19-10-7-8-13-23(19)22-15-16-30-24(18-22)25-14-9-17-32(25)28(34)26(21-11-5-4-6-12-21)31-27(33)20(2)29-3/h7-8,10,13,15-16,18,20-21,25-26,29H,4-6,9,11-12,14,17H2,1-3H3,(H,31,33). The Kier molecular flexibility index (Phi) is 7.99. The Hall–Kier alpha value is -2.73. The molecule has 2 fully saturated rings. The fourth-order valence-corrected chi connectivity index (χ4v) is 5.47. The smallest absolute Gasteiger partial charge is 0.246 e. The van der Waals surface area contributed by atoms with Crippen molar-refractivity contribution in [2.24, 2.45) is 5.92 Å². The van der Waals surface area contributed by atoms with E-state index in [0.29, 0.717) is 6.54 Å². The molecular formula is C28H38N4O2. The second-order valence-corrected chi connectivity index (χ2v) is 9.87. The molecule has 4 rings (SSSR count). The third-order valence-electron chi connectivity index (χ3n) is 7.63. The number of likely N-dealkylation sites (N-methyl/N-ethyl adjacent to an activating group) is 1. The molecule has 0 radical (unpaired) electrons. The van der Waals surface area contributed by atoms with E-state index in [1.54, 1.807) is 7.05 Å². The molecule has 1 aromatic heterocycles. The third kappa shape index (κ3) is 5.33. The molecule has 1 aliphatic carbocycles. The number of likely N-dealkylation sites (tertiary alicyclic amines) is 1. The summed E-state index contributed by atoms with van der Waals surface area (Å²) < 4.78 is 0. The van der Waals surface area contributed by atoms with Gasteiger partial charge < -0.3 is 15.5 Å². The molecule has 3 atom stereocenters. The zero-order valence-corrected chi connectivity index (χ0v) is 20.7. The molecule has 1 aromatic carbocycles. The Morgan fingerprint density at radius 2 is 1.82 bits per heavy atom. The fraction of sp³-hybridized carbons (Fsp3) is 0.536. The summed E-state index contributed by atoms with van der Waals surface area (Å²) in [4.78, 5) is 33.4. The van der Waals surface area contributed by atoms with Crippen LogP contribution in [0.3, 0.4) is 0 Å². The number of nitrogens with zero attached hydrogens (tertiary/aromatic N) is 2. The van der Waals surface area contributed by atoms with Gasteiger partial charge in [-0.15, -0.1) is 0 Å². The summed E-state index contributed by atoms with van der Waals surface area (Å²) in [7, 11) is 1.77. The van der Waals surface area contributed by atoms with Gasteiger partial charge in [-0.05, 0) is 81.3 Å². The van der Waals surface area contributed by atoms with Crippen LogP contribution in [0.15, 0.2) is 42.6 Å². The SMILES string of the molecule is CNC(C)C(=O)NC(C(=O)N1CCCC1c1cc(-c2ccccc2C)ccn1)C1CCCCC1. The van der Waals surface area contributed by atoms with Gasteiger partial charge in [0.1, 0.15) is 6.04 Å². The van der Waals surface area contributed by atoms with Gasteiger partial charge in [0.15, 0.2) is 0 Å². The number of hydrogen-bond acceptors (Lipinski definition) is 4. The lowest BCUT2D eigenvalue weighted by molar-refractivity contribution is -0.139. The fourth-order valence-electron chi connectivity index (χ4n) is 5.47. The van der Waals surface area contributed by atoms with Crippen LogP contribution in [-0.2, 0) is 9.59 Å². The minimum Gasteiger partial charge on any atom is -0.343 e. The zero-order chi connectivity index (χ0) is 24.1. The number of pyridine rings is 1. The summed E-state index contributed by atoms with van der Waals surface area (Å²) in [6.45, 7) is 4.66. The predicted octanol–water partition coefficient (Wildman–Crippen LogP) is 4.39. The Balaban J connectivity index is 1.59. The summed E-state index contributed by atoms with van der Waals surface area (Å²) in [5.74, 6) is 0.137. The van der Waals surface area contributed by atoms with Gasteiger partial charge in [0.05, 0.1) is 17.8 Å². The number of carbonyl (C=O) groups excluding carboxylic acids is 2. The summed E-state index contributed by atoms with van der Waals surface area (Å²) in [5.41, 5.74) is 4.47. The number of aryl methyl sites for hydroxylation is 1. The van der Waals surface area contributed by atoms with Crippen molar-refractivity contribution in [3.63, 3.8) is 0 Å². The van der Waals surface area contributed by atoms with Crippen LogP contribution in [0.1, 0.15) is 69.2 Å². The first-order chi connectivity index (χ1) is 16.5. The molecule has 0 bridgehead atoms. The van der Waals surface area contributed by atoms with Crippen molar-refractivity contribution in [1.82, 2.24) is 20.5 Å². The van der Waals surface area contributed by atoms with E-state index in [1.165, 1.54) is 17.5 Å². The molecule has 1 saturated carbocycles. The zero-order valence-electron chi connectivity index (χ0n) is 20.7. The van der Waals surface area contributed by atoms with Gasteiger partial charge in [-0.1, -0.05) is 43.5 Å². The lowest BCUT2D eigenvalue weighted by Gasteiger charge is -2.35. The molecule has 0 spiro atoms. The van der Waals surface area contributed by atoms with Crippen LogP contribution in [0.2, 0.25) is 0 Å². The van der Waals surface area contributed by atoms with Gasteiger partial charge >= 0.3 is 0 Å². The van der Waals surface area contributed by atoms with E-state index in [4.69, 9.17) is 4.98 Å². The number of rotatable bonds is 7. The maximum absolute atomic E-state index is 13.9. The van der Waals surface area contributed by atoms with Crippen molar-refractivity contribution in [2.75, 3.05) is 13.6 Å². The van der Waals surface area contributed by atoms with Gasteiger partial charge in [-0.3, -0.25) is 14.6 Å². The van der Waals surface area contributed by atoms with E-state index in [9.17, 15) is 9.59 Å². The van der Waals surface area contributed by atoms with E-state index in [0.717, 1.165) is 49.8 Å². The van der Waals surface area contributed by atoms with Crippen LogP contribution >= 0.6 is 0 Å². The lowest BCUT2D eigenvalue weighted by Crippen LogP contribution is -2.55. The Morgan fingerprint density at radius 3 is 2.56 bits per heavy atom. The van der Waals surface area contributed by atoms with Crippen molar-refractivity contribution in [2.45, 2.75) is 76.9 Å². The van der Waals surface area contributed by atoms with Crippen molar-refractivity contribution in [1.29, 1.82) is 0 Å². The molecule has 6 nitrogen and oxygen atoms in total. The third-order valence-corrected chi connectivity index (χ3v) is 7.63. The van der Waals surface area contributed by atoms with Crippen molar-refractivity contribution in [3.8, 4) is 11.1 Å². The van der Waals surface area contributed by atoms with E-state index in [2.05, 4.69) is 41.8 Å². The number of benzene rings is 1. The van der Waals surface area contributed by atoms with Crippen molar-refractivity contribution < 1.29 is 9.59 Å². The number of carbonyl (C=O) groups is 2. The van der Waals surface area contributed by atoms with E-state index in [-0.39, 0.29) is 29.8 Å². The van der Waals surface area contributed by atoms with Gasteiger partial charge in [0.25, 0.3) is 0 Å². The molecule has 1 aliphatic heterocycles. The van der Waals surface area contributed by atoms with Gasteiger partial charge in [-0.2, -0.15) is 0 Å². The van der Waals surface area contributed by atoms with Gasteiger partial charge in [0.2, 0.25) is 11.8 Å². The Bertz CT molecular complexity index is 1000. The largest absolute Gasteiger partial charge is 0.343 e. The van der Waals surface area contributed by atoms with Crippen LogP contribution in [0, 0.1) is 12.8 Å². The van der Waals surface area contributed by atoms with Crippen molar-refractivity contribution >= 4 is 11.8 Å². The first kappa shape index (κ1) is 24.4. The minimum absolute atomic E-state index is 0.0501. The van der Waals surface area contributed by atoms with E-state index in [1.807, 2.05) is 30.2 Å². The number of hydrogen-bond donors (Lipinski definition) is 2. The first-order valence-corrected chi connectivity index (χ1v) is 12.8. The second kappa shape index (κ2) is 11.1. The molecular weight excluding hydrogens is 424 g/mol. The summed E-state index contributed by atoms with van der Waals surface area (Å²) in [6.07, 6.45) is 9.13. The number of amides is 2. The highest BCUT2D eigenvalue weighted by Crippen LogP contribution is 2.36. The normalized spacial score (nSPS) is 20.7. The molecule has 2 heterocycles. The average molecular weight is 463 g/mol. The number of nitrogens with one attached hydrogen (secondary N) is 2. The molecule has 2 aromatic rings. The molecule has 182 valence electrons. The average Bonchev–Trinajstić information content (AvgIpc) is 3.37. The monoisotopic (exact) mass is 462 g/mol. The molecule has 2 amide bonds.